The van der Waals surface area contributed by atoms with Crippen molar-refractivity contribution in [2.24, 2.45) is 10.8 Å². The van der Waals surface area contributed by atoms with Crippen LogP contribution in [0.5, 0.6) is 0 Å². The predicted octanol–water partition coefficient (Wildman–Crippen LogP) is 3.37. The van der Waals surface area contributed by atoms with Crippen LogP contribution >= 0.6 is 0 Å². The summed E-state index contributed by atoms with van der Waals surface area (Å²) in [5.41, 5.74) is 0.654. The highest BCUT2D eigenvalue weighted by Crippen LogP contribution is 2.73. The van der Waals surface area contributed by atoms with Gasteiger partial charge in [0.1, 0.15) is 5.76 Å². The van der Waals surface area contributed by atoms with Crippen molar-refractivity contribution in [1.82, 2.24) is 10.3 Å². The third kappa shape index (κ3) is 2.20. The maximum absolute atomic E-state index is 5.92. The van der Waals surface area contributed by atoms with Crippen molar-refractivity contribution in [1.29, 1.82) is 0 Å². The van der Waals surface area contributed by atoms with Crippen molar-refractivity contribution in [2.45, 2.75) is 53.4 Å². The van der Waals surface area contributed by atoms with Gasteiger partial charge in [0.15, 0.2) is 5.89 Å². The first kappa shape index (κ1) is 13.6. The summed E-state index contributed by atoms with van der Waals surface area (Å²) in [6, 6.07) is 0. The Morgan fingerprint density at radius 1 is 1.28 bits per heavy atom. The number of aromatic nitrogens is 1. The van der Waals surface area contributed by atoms with E-state index in [1.165, 1.54) is 0 Å². The average molecular weight is 250 g/mol. The van der Waals surface area contributed by atoms with E-state index < -0.39 is 0 Å². The molecule has 1 aromatic heterocycles. The molecule has 0 unspecified atom stereocenters. The molecule has 0 atom stereocenters. The first-order valence-electron chi connectivity index (χ1n) is 7.06. The highest BCUT2D eigenvalue weighted by atomic mass is 16.4. The molecule has 0 amide bonds. The van der Waals surface area contributed by atoms with Crippen LogP contribution < -0.4 is 5.32 Å². The summed E-state index contributed by atoms with van der Waals surface area (Å²) >= 11 is 0. The minimum atomic E-state index is 0.327. The Morgan fingerprint density at radius 3 is 2.50 bits per heavy atom. The fourth-order valence-electron chi connectivity index (χ4n) is 3.02. The molecule has 102 valence electrons. The first-order valence-corrected chi connectivity index (χ1v) is 7.06. The lowest BCUT2D eigenvalue weighted by molar-refractivity contribution is 0.431. The van der Waals surface area contributed by atoms with Crippen molar-refractivity contribution in [3.05, 3.63) is 17.8 Å². The maximum atomic E-state index is 5.92. The standard InChI is InChI=1S/C15H26N2O/c1-6-16-9-7-8-12-17-10-11(18-12)13-14(2,3)15(13,4)5/h10,13,16H,6-9H2,1-5H3. The number of hydrogen-bond acceptors (Lipinski definition) is 3. The molecule has 1 heterocycles. The van der Waals surface area contributed by atoms with Crippen LogP contribution in [0.15, 0.2) is 10.6 Å². The summed E-state index contributed by atoms with van der Waals surface area (Å²) in [6.07, 6.45) is 3.95. The average Bonchev–Trinajstić information content (AvgIpc) is 2.66. The molecule has 0 radical (unpaired) electrons. The number of nitrogens with one attached hydrogen (secondary N) is 1. The molecular weight excluding hydrogens is 224 g/mol. The summed E-state index contributed by atoms with van der Waals surface area (Å²) in [5, 5.41) is 3.32. The van der Waals surface area contributed by atoms with Crippen LogP contribution in [0.25, 0.3) is 0 Å². The fraction of sp³-hybridized carbons (Fsp3) is 0.800. The molecule has 18 heavy (non-hydrogen) atoms. The van der Waals surface area contributed by atoms with Crippen LogP contribution in [0, 0.1) is 10.8 Å². The Hall–Kier alpha value is -0.830. The van der Waals surface area contributed by atoms with E-state index in [9.17, 15) is 0 Å². The van der Waals surface area contributed by atoms with Gasteiger partial charge in [0, 0.05) is 12.3 Å². The molecule has 2 rings (SSSR count). The number of oxazole rings is 1. The zero-order chi connectivity index (χ0) is 13.4. The Balaban J connectivity index is 1.92. The molecule has 0 aromatic carbocycles. The highest BCUT2D eigenvalue weighted by molar-refractivity contribution is 5.27. The van der Waals surface area contributed by atoms with Gasteiger partial charge in [0.2, 0.25) is 0 Å². The van der Waals surface area contributed by atoms with Crippen LogP contribution in [-0.4, -0.2) is 18.1 Å². The van der Waals surface area contributed by atoms with Crippen LogP contribution in [0.1, 0.15) is 58.6 Å². The minimum absolute atomic E-state index is 0.327. The van der Waals surface area contributed by atoms with E-state index in [4.69, 9.17) is 4.42 Å². The van der Waals surface area contributed by atoms with Crippen LogP contribution in [-0.2, 0) is 6.42 Å². The van der Waals surface area contributed by atoms with Gasteiger partial charge in [-0.05, 0) is 30.3 Å². The minimum Gasteiger partial charge on any atom is -0.445 e. The zero-order valence-corrected chi connectivity index (χ0v) is 12.3. The van der Waals surface area contributed by atoms with Gasteiger partial charge in [-0.25, -0.2) is 4.98 Å². The van der Waals surface area contributed by atoms with E-state index in [2.05, 4.69) is 44.9 Å². The second-order valence-corrected chi connectivity index (χ2v) is 6.49. The SMILES string of the molecule is CCNCCCc1ncc(C2C(C)(C)C2(C)C)o1. The lowest BCUT2D eigenvalue weighted by Gasteiger charge is -2.03. The number of aryl methyl sites for hydroxylation is 1. The summed E-state index contributed by atoms with van der Waals surface area (Å²) < 4.78 is 5.92. The molecule has 1 aliphatic carbocycles. The summed E-state index contributed by atoms with van der Waals surface area (Å²) in [4.78, 5) is 4.41. The van der Waals surface area contributed by atoms with Crippen molar-refractivity contribution < 1.29 is 4.42 Å². The van der Waals surface area contributed by atoms with Gasteiger partial charge in [-0.15, -0.1) is 0 Å². The van der Waals surface area contributed by atoms with Gasteiger partial charge in [-0.2, -0.15) is 0 Å². The van der Waals surface area contributed by atoms with E-state index in [0.717, 1.165) is 37.6 Å². The number of hydrogen-bond donors (Lipinski definition) is 1. The van der Waals surface area contributed by atoms with Crippen LogP contribution in [0.3, 0.4) is 0 Å². The Bertz CT molecular complexity index is 392. The zero-order valence-electron chi connectivity index (χ0n) is 12.3. The molecule has 1 saturated carbocycles. The lowest BCUT2D eigenvalue weighted by atomic mass is 10.0. The van der Waals surface area contributed by atoms with Crippen molar-refractivity contribution in [2.75, 3.05) is 13.1 Å². The molecule has 3 nitrogen and oxygen atoms in total. The second kappa shape index (κ2) is 4.69. The summed E-state index contributed by atoms with van der Waals surface area (Å²) in [5.74, 6) is 2.48. The van der Waals surface area contributed by atoms with Gasteiger partial charge in [0.05, 0.1) is 6.20 Å². The van der Waals surface area contributed by atoms with E-state index in [1.807, 2.05) is 6.20 Å². The van der Waals surface area contributed by atoms with Crippen molar-refractivity contribution in [3.63, 3.8) is 0 Å². The predicted molar refractivity (Wildman–Crippen MR) is 73.7 cm³/mol. The Kier molecular flexibility index (Phi) is 3.54. The number of nitrogens with zero attached hydrogens (tertiary/aromatic N) is 1. The quantitative estimate of drug-likeness (QED) is 0.787. The Morgan fingerprint density at radius 2 is 1.94 bits per heavy atom. The second-order valence-electron chi connectivity index (χ2n) is 6.49. The van der Waals surface area contributed by atoms with Gasteiger partial charge < -0.3 is 9.73 Å². The molecule has 1 fully saturated rings. The van der Waals surface area contributed by atoms with Gasteiger partial charge in [-0.3, -0.25) is 0 Å². The molecule has 0 spiro atoms. The smallest absolute Gasteiger partial charge is 0.194 e. The van der Waals surface area contributed by atoms with E-state index in [0.29, 0.717) is 16.7 Å². The normalized spacial score (nSPS) is 21.2. The molecule has 0 saturated heterocycles. The fourth-order valence-corrected chi connectivity index (χ4v) is 3.02. The van der Waals surface area contributed by atoms with Gasteiger partial charge >= 0.3 is 0 Å². The van der Waals surface area contributed by atoms with E-state index in [1.54, 1.807) is 0 Å². The van der Waals surface area contributed by atoms with Crippen molar-refractivity contribution in [3.8, 4) is 0 Å². The molecule has 0 aliphatic heterocycles. The summed E-state index contributed by atoms with van der Waals surface area (Å²) in [6.45, 7) is 13.4. The largest absolute Gasteiger partial charge is 0.445 e. The molecule has 0 bridgehead atoms. The molecule has 1 aromatic rings. The summed E-state index contributed by atoms with van der Waals surface area (Å²) in [7, 11) is 0. The maximum Gasteiger partial charge on any atom is 0.194 e. The van der Waals surface area contributed by atoms with Crippen LogP contribution in [0.2, 0.25) is 0 Å². The third-order valence-electron chi connectivity index (χ3n) is 4.87. The van der Waals surface area contributed by atoms with Gasteiger partial charge in [0.25, 0.3) is 0 Å². The molecular formula is C15H26N2O. The molecule has 1 N–H and O–H groups in total. The molecule has 3 heteroatoms. The highest BCUT2D eigenvalue weighted by Gasteiger charge is 2.66. The Labute approximate surface area is 110 Å². The van der Waals surface area contributed by atoms with Crippen molar-refractivity contribution >= 4 is 0 Å². The van der Waals surface area contributed by atoms with E-state index >= 15 is 0 Å². The van der Waals surface area contributed by atoms with Crippen LogP contribution in [0.4, 0.5) is 0 Å². The third-order valence-corrected chi connectivity index (χ3v) is 4.87. The lowest BCUT2D eigenvalue weighted by Crippen LogP contribution is -2.14. The topological polar surface area (TPSA) is 38.1 Å². The monoisotopic (exact) mass is 250 g/mol. The number of rotatable bonds is 6. The molecule has 1 aliphatic rings. The van der Waals surface area contributed by atoms with Gasteiger partial charge in [-0.1, -0.05) is 34.6 Å². The first-order chi connectivity index (χ1) is 8.41. The van der Waals surface area contributed by atoms with E-state index in [-0.39, 0.29) is 0 Å².